The van der Waals surface area contributed by atoms with Gasteiger partial charge in [0, 0.05) is 31.3 Å². The first kappa shape index (κ1) is 16.4. The van der Waals surface area contributed by atoms with Crippen molar-refractivity contribution >= 4 is 34.3 Å². The molecule has 0 spiro atoms. The van der Waals surface area contributed by atoms with Gasteiger partial charge in [0.1, 0.15) is 5.69 Å². The van der Waals surface area contributed by atoms with E-state index < -0.39 is 5.97 Å². The molecule has 1 aliphatic heterocycles. The molecule has 1 aromatic heterocycles. The van der Waals surface area contributed by atoms with E-state index in [9.17, 15) is 14.4 Å². The number of carboxylic acid groups (broad SMARTS) is 1. The van der Waals surface area contributed by atoms with Crippen molar-refractivity contribution < 1.29 is 19.5 Å². The summed E-state index contributed by atoms with van der Waals surface area (Å²) in [6.45, 7) is 2.01. The lowest BCUT2D eigenvalue weighted by molar-refractivity contribution is -0.137. The molecule has 1 unspecified atom stereocenters. The highest BCUT2D eigenvalue weighted by Crippen LogP contribution is 2.24. The SMILES string of the molecule is CC(=O)Nc1nc(C(=O)N2CCCCC2CCC(=O)O)cs1. The Hall–Kier alpha value is -1.96. The first-order chi connectivity index (χ1) is 10.5. The smallest absolute Gasteiger partial charge is 0.303 e. The molecule has 22 heavy (non-hydrogen) atoms. The van der Waals surface area contributed by atoms with E-state index in [0.717, 1.165) is 19.3 Å². The summed E-state index contributed by atoms with van der Waals surface area (Å²) in [5.74, 6) is -1.27. The number of piperidine rings is 1. The molecule has 1 saturated heterocycles. The van der Waals surface area contributed by atoms with Crippen molar-refractivity contribution in [2.75, 3.05) is 11.9 Å². The van der Waals surface area contributed by atoms with E-state index in [1.807, 2.05) is 0 Å². The zero-order valence-electron chi connectivity index (χ0n) is 12.4. The van der Waals surface area contributed by atoms with Gasteiger partial charge in [-0.3, -0.25) is 14.4 Å². The number of anilines is 1. The zero-order chi connectivity index (χ0) is 16.1. The molecule has 2 N–H and O–H groups in total. The van der Waals surface area contributed by atoms with E-state index >= 15 is 0 Å². The predicted octanol–water partition coefficient (Wildman–Crippen LogP) is 1.96. The van der Waals surface area contributed by atoms with Crippen LogP contribution in [-0.2, 0) is 9.59 Å². The Morgan fingerprint density at radius 2 is 2.23 bits per heavy atom. The van der Waals surface area contributed by atoms with Gasteiger partial charge in [-0.15, -0.1) is 11.3 Å². The Kier molecular flexibility index (Phi) is 5.48. The molecular weight excluding hydrogens is 306 g/mol. The van der Waals surface area contributed by atoms with Crippen molar-refractivity contribution in [1.82, 2.24) is 9.88 Å². The first-order valence-electron chi connectivity index (χ1n) is 7.23. The maximum absolute atomic E-state index is 12.6. The Morgan fingerprint density at radius 3 is 2.91 bits per heavy atom. The Bertz CT molecular complexity index is 572. The number of nitrogens with zero attached hydrogens (tertiary/aromatic N) is 2. The van der Waals surface area contributed by atoms with Gasteiger partial charge in [0.2, 0.25) is 5.91 Å². The second kappa shape index (κ2) is 7.35. The van der Waals surface area contributed by atoms with Crippen LogP contribution in [0.4, 0.5) is 5.13 Å². The number of rotatable bonds is 5. The van der Waals surface area contributed by atoms with Crippen LogP contribution in [0.25, 0.3) is 0 Å². The Morgan fingerprint density at radius 1 is 1.45 bits per heavy atom. The molecule has 1 aromatic rings. The number of hydrogen-bond acceptors (Lipinski definition) is 5. The number of amides is 2. The zero-order valence-corrected chi connectivity index (χ0v) is 13.2. The van der Waals surface area contributed by atoms with Crippen molar-refractivity contribution in [2.45, 2.75) is 45.1 Å². The van der Waals surface area contributed by atoms with E-state index in [1.165, 1.54) is 18.3 Å². The fourth-order valence-electron chi connectivity index (χ4n) is 2.59. The molecule has 0 aromatic carbocycles. The molecule has 7 nitrogen and oxygen atoms in total. The highest BCUT2D eigenvalue weighted by Gasteiger charge is 2.29. The van der Waals surface area contributed by atoms with Gasteiger partial charge in [-0.2, -0.15) is 0 Å². The van der Waals surface area contributed by atoms with Crippen LogP contribution in [0.1, 0.15) is 49.5 Å². The molecule has 2 heterocycles. The highest BCUT2D eigenvalue weighted by atomic mass is 32.1. The van der Waals surface area contributed by atoms with Gasteiger partial charge >= 0.3 is 5.97 Å². The average Bonchev–Trinajstić information content (AvgIpc) is 2.92. The molecular formula is C14H19N3O4S. The number of likely N-dealkylation sites (tertiary alicyclic amines) is 1. The molecule has 0 aliphatic carbocycles. The van der Waals surface area contributed by atoms with Crippen LogP contribution in [0.2, 0.25) is 0 Å². The second-order valence-corrected chi connectivity index (χ2v) is 6.16. The van der Waals surface area contributed by atoms with Crippen molar-refractivity contribution in [1.29, 1.82) is 0 Å². The van der Waals surface area contributed by atoms with Gasteiger partial charge in [0.25, 0.3) is 5.91 Å². The lowest BCUT2D eigenvalue weighted by Gasteiger charge is -2.35. The minimum Gasteiger partial charge on any atom is -0.481 e. The molecule has 0 saturated carbocycles. The van der Waals surface area contributed by atoms with Gasteiger partial charge < -0.3 is 15.3 Å². The van der Waals surface area contributed by atoms with Crippen LogP contribution in [0.5, 0.6) is 0 Å². The molecule has 2 rings (SSSR count). The number of nitrogens with one attached hydrogen (secondary N) is 1. The van der Waals surface area contributed by atoms with Crippen LogP contribution in [0, 0.1) is 0 Å². The molecule has 0 radical (unpaired) electrons. The fraction of sp³-hybridized carbons (Fsp3) is 0.571. The predicted molar refractivity (Wildman–Crippen MR) is 82.0 cm³/mol. The third-order valence-electron chi connectivity index (χ3n) is 3.59. The van der Waals surface area contributed by atoms with Gasteiger partial charge in [-0.25, -0.2) is 4.98 Å². The summed E-state index contributed by atoms with van der Waals surface area (Å²) >= 11 is 1.21. The summed E-state index contributed by atoms with van der Waals surface area (Å²) in [6, 6.07) is -0.0525. The number of carbonyl (C=O) groups is 3. The molecule has 8 heteroatoms. The quantitative estimate of drug-likeness (QED) is 0.862. The topological polar surface area (TPSA) is 99.6 Å². The van der Waals surface area contributed by atoms with Crippen molar-refractivity contribution in [3.63, 3.8) is 0 Å². The molecule has 1 atom stereocenters. The summed E-state index contributed by atoms with van der Waals surface area (Å²) in [4.78, 5) is 40.2. The Balaban J connectivity index is 2.06. The lowest BCUT2D eigenvalue weighted by Crippen LogP contribution is -2.44. The highest BCUT2D eigenvalue weighted by molar-refractivity contribution is 7.14. The fourth-order valence-corrected chi connectivity index (χ4v) is 3.32. The number of hydrogen-bond donors (Lipinski definition) is 2. The summed E-state index contributed by atoms with van der Waals surface area (Å²) in [5.41, 5.74) is 0.302. The monoisotopic (exact) mass is 325 g/mol. The van der Waals surface area contributed by atoms with Crippen molar-refractivity contribution in [2.24, 2.45) is 0 Å². The van der Waals surface area contributed by atoms with Crippen LogP contribution in [-0.4, -0.2) is 45.4 Å². The summed E-state index contributed by atoms with van der Waals surface area (Å²) in [6.07, 6.45) is 3.26. The Labute approximate surface area is 132 Å². The van der Waals surface area contributed by atoms with Crippen LogP contribution in [0.15, 0.2) is 5.38 Å². The van der Waals surface area contributed by atoms with E-state index in [-0.39, 0.29) is 24.3 Å². The molecule has 2 amide bonds. The van der Waals surface area contributed by atoms with Crippen LogP contribution >= 0.6 is 11.3 Å². The normalized spacial score (nSPS) is 18.0. The van der Waals surface area contributed by atoms with Crippen molar-refractivity contribution in [3.8, 4) is 0 Å². The minimum atomic E-state index is -0.848. The van der Waals surface area contributed by atoms with Crippen LogP contribution in [0.3, 0.4) is 0 Å². The lowest BCUT2D eigenvalue weighted by atomic mass is 9.97. The van der Waals surface area contributed by atoms with Gasteiger partial charge in [0.15, 0.2) is 5.13 Å². The van der Waals surface area contributed by atoms with Gasteiger partial charge in [0.05, 0.1) is 0 Å². The van der Waals surface area contributed by atoms with Crippen molar-refractivity contribution in [3.05, 3.63) is 11.1 Å². The number of thiazole rings is 1. The molecule has 120 valence electrons. The largest absolute Gasteiger partial charge is 0.481 e. The minimum absolute atomic E-state index is 0.0525. The summed E-state index contributed by atoms with van der Waals surface area (Å²) < 4.78 is 0. The third kappa shape index (κ3) is 4.27. The summed E-state index contributed by atoms with van der Waals surface area (Å²) in [5, 5.41) is 13.4. The molecule has 1 fully saturated rings. The molecule has 1 aliphatic rings. The van der Waals surface area contributed by atoms with E-state index in [0.29, 0.717) is 23.8 Å². The maximum Gasteiger partial charge on any atom is 0.303 e. The number of aliphatic carboxylic acids is 1. The van der Waals surface area contributed by atoms with Crippen LogP contribution < -0.4 is 5.32 Å². The number of carboxylic acids is 1. The molecule has 0 bridgehead atoms. The number of carbonyl (C=O) groups excluding carboxylic acids is 2. The van der Waals surface area contributed by atoms with Gasteiger partial charge in [-0.05, 0) is 25.7 Å². The first-order valence-corrected chi connectivity index (χ1v) is 8.11. The van der Waals surface area contributed by atoms with E-state index in [1.54, 1.807) is 10.3 Å². The van der Waals surface area contributed by atoms with E-state index in [4.69, 9.17) is 5.11 Å². The standard InChI is InChI=1S/C14H19N3O4S/c1-9(18)15-14-16-11(8-22-14)13(21)17-7-3-2-4-10(17)5-6-12(19)20/h8,10H,2-7H2,1H3,(H,19,20)(H,15,16,18). The van der Waals surface area contributed by atoms with Gasteiger partial charge in [-0.1, -0.05) is 0 Å². The number of aromatic nitrogens is 1. The third-order valence-corrected chi connectivity index (χ3v) is 4.34. The maximum atomic E-state index is 12.6. The second-order valence-electron chi connectivity index (χ2n) is 5.30. The van der Waals surface area contributed by atoms with E-state index in [2.05, 4.69) is 10.3 Å². The average molecular weight is 325 g/mol. The summed E-state index contributed by atoms with van der Waals surface area (Å²) in [7, 11) is 0.